The summed E-state index contributed by atoms with van der Waals surface area (Å²) in [5.74, 6) is 0.792. The van der Waals surface area contributed by atoms with Crippen LogP contribution in [0.1, 0.15) is 23.3 Å². The number of hydrogen-bond acceptors (Lipinski definition) is 6. The monoisotopic (exact) mass is 375 g/mol. The van der Waals surface area contributed by atoms with Gasteiger partial charge in [-0.15, -0.1) is 11.3 Å². The maximum Gasteiger partial charge on any atom is 0.241 e. The van der Waals surface area contributed by atoms with Gasteiger partial charge in [0.15, 0.2) is 0 Å². The van der Waals surface area contributed by atoms with Gasteiger partial charge in [-0.1, -0.05) is 0 Å². The summed E-state index contributed by atoms with van der Waals surface area (Å²) in [5, 5.41) is 3.89. The van der Waals surface area contributed by atoms with E-state index in [0.29, 0.717) is 0 Å². The summed E-state index contributed by atoms with van der Waals surface area (Å²) in [4.78, 5) is 38.9. The Balaban J connectivity index is 1.64. The highest BCUT2D eigenvalue weighted by Gasteiger charge is 2.27. The molecule has 0 aliphatic carbocycles. The van der Waals surface area contributed by atoms with Crippen LogP contribution in [0.15, 0.2) is 6.33 Å². The average molecular weight is 375 g/mol. The van der Waals surface area contributed by atoms with Crippen molar-refractivity contribution in [2.45, 2.75) is 26.7 Å². The first kappa shape index (κ1) is 18.6. The zero-order chi connectivity index (χ0) is 18.8. The van der Waals surface area contributed by atoms with E-state index in [4.69, 9.17) is 0 Å². The second-order valence-corrected chi connectivity index (χ2v) is 8.13. The van der Waals surface area contributed by atoms with Crippen LogP contribution < -0.4 is 10.2 Å². The van der Waals surface area contributed by atoms with E-state index in [1.165, 1.54) is 15.3 Å². The number of nitrogens with one attached hydrogen (secondary N) is 1. The third-order valence-corrected chi connectivity index (χ3v) is 6.14. The molecule has 140 valence electrons. The van der Waals surface area contributed by atoms with Crippen molar-refractivity contribution in [3.63, 3.8) is 0 Å². The summed E-state index contributed by atoms with van der Waals surface area (Å²) >= 11 is 1.70. The molecule has 3 heterocycles. The van der Waals surface area contributed by atoms with Crippen LogP contribution in [0.3, 0.4) is 0 Å². The van der Waals surface area contributed by atoms with E-state index in [1.54, 1.807) is 31.8 Å². The van der Waals surface area contributed by atoms with E-state index in [-0.39, 0.29) is 24.3 Å². The number of fused-ring (bicyclic) bond motifs is 1. The molecule has 0 spiro atoms. The molecule has 2 aromatic heterocycles. The fraction of sp³-hybridized carbons (Fsp3) is 0.556. The number of hydrogen-bond donors (Lipinski definition) is 1. The molecule has 1 fully saturated rings. The van der Waals surface area contributed by atoms with Gasteiger partial charge in [0.25, 0.3) is 0 Å². The molecular weight excluding hydrogens is 350 g/mol. The largest absolute Gasteiger partial charge is 0.356 e. The molecule has 2 aromatic rings. The number of nitrogens with zero attached hydrogens (tertiary/aromatic N) is 4. The lowest BCUT2D eigenvalue weighted by molar-refractivity contribution is -0.132. The van der Waals surface area contributed by atoms with Crippen molar-refractivity contribution in [2.24, 2.45) is 5.92 Å². The van der Waals surface area contributed by atoms with E-state index >= 15 is 0 Å². The van der Waals surface area contributed by atoms with Gasteiger partial charge in [-0.2, -0.15) is 0 Å². The molecule has 7 nitrogen and oxygen atoms in total. The van der Waals surface area contributed by atoms with E-state index in [1.807, 2.05) is 0 Å². The van der Waals surface area contributed by atoms with Crippen molar-refractivity contribution < 1.29 is 9.59 Å². The normalized spacial score (nSPS) is 15.3. The van der Waals surface area contributed by atoms with Gasteiger partial charge in [-0.25, -0.2) is 9.97 Å². The predicted octanol–water partition coefficient (Wildman–Crippen LogP) is 1.73. The first-order chi connectivity index (χ1) is 12.4. The number of thiophene rings is 1. The van der Waals surface area contributed by atoms with E-state index in [0.717, 1.165) is 42.0 Å². The van der Waals surface area contributed by atoms with E-state index in [2.05, 4.69) is 34.0 Å². The van der Waals surface area contributed by atoms with Crippen molar-refractivity contribution in [3.05, 3.63) is 16.8 Å². The Morgan fingerprint density at radius 3 is 2.62 bits per heavy atom. The summed E-state index contributed by atoms with van der Waals surface area (Å²) in [6.07, 6.45) is 3.14. The van der Waals surface area contributed by atoms with Gasteiger partial charge in [-0.3, -0.25) is 9.59 Å². The second kappa shape index (κ2) is 7.57. The molecule has 1 aliphatic rings. The molecule has 0 atom stereocenters. The maximum atomic E-state index is 12.3. The van der Waals surface area contributed by atoms with Crippen LogP contribution in [0.4, 0.5) is 5.82 Å². The van der Waals surface area contributed by atoms with Crippen LogP contribution in [0.25, 0.3) is 10.2 Å². The first-order valence-electron chi connectivity index (χ1n) is 8.82. The number of anilines is 1. The minimum absolute atomic E-state index is 0.0322. The molecule has 0 saturated carbocycles. The van der Waals surface area contributed by atoms with Crippen molar-refractivity contribution in [1.29, 1.82) is 0 Å². The Kier molecular flexibility index (Phi) is 5.41. The molecule has 0 bridgehead atoms. The molecule has 0 unspecified atom stereocenters. The molecule has 1 saturated heterocycles. The molecular formula is C18H25N5O2S. The van der Waals surface area contributed by atoms with E-state index in [9.17, 15) is 9.59 Å². The highest BCUT2D eigenvalue weighted by atomic mass is 32.1. The number of likely N-dealkylation sites (N-methyl/N-ethyl adjacent to an activating group) is 1. The van der Waals surface area contributed by atoms with Crippen LogP contribution in [-0.2, 0) is 9.59 Å². The smallest absolute Gasteiger partial charge is 0.241 e. The van der Waals surface area contributed by atoms with Crippen molar-refractivity contribution >= 4 is 39.2 Å². The predicted molar refractivity (Wildman–Crippen MR) is 104 cm³/mol. The van der Waals surface area contributed by atoms with Crippen molar-refractivity contribution in [3.8, 4) is 0 Å². The minimum Gasteiger partial charge on any atom is -0.356 e. The number of aromatic nitrogens is 2. The van der Waals surface area contributed by atoms with Crippen LogP contribution >= 0.6 is 11.3 Å². The van der Waals surface area contributed by atoms with Gasteiger partial charge in [0.05, 0.1) is 11.9 Å². The third kappa shape index (κ3) is 3.65. The van der Waals surface area contributed by atoms with Gasteiger partial charge in [0.1, 0.15) is 17.0 Å². The number of carbonyl (C=O) groups excluding carboxylic acids is 2. The molecule has 2 amide bonds. The highest BCUT2D eigenvalue weighted by Crippen LogP contribution is 2.35. The maximum absolute atomic E-state index is 12.3. The fourth-order valence-electron chi connectivity index (χ4n) is 3.22. The Morgan fingerprint density at radius 2 is 1.96 bits per heavy atom. The number of rotatable bonds is 4. The zero-order valence-electron chi connectivity index (χ0n) is 15.7. The molecule has 0 aromatic carbocycles. The van der Waals surface area contributed by atoms with Crippen LogP contribution in [-0.4, -0.2) is 60.4 Å². The summed E-state index contributed by atoms with van der Waals surface area (Å²) in [5.41, 5.74) is 1.24. The fourth-order valence-corrected chi connectivity index (χ4v) is 4.21. The lowest BCUT2D eigenvalue weighted by atomic mass is 9.95. The molecule has 8 heteroatoms. The SMILES string of the molecule is Cc1sc2ncnc(N3CCC(C(=O)NCC(=O)N(C)C)CC3)c2c1C. The summed E-state index contributed by atoms with van der Waals surface area (Å²) < 4.78 is 0. The Hall–Kier alpha value is -2.22. The molecule has 1 aliphatic heterocycles. The average Bonchev–Trinajstić information content (AvgIpc) is 2.93. The number of carbonyl (C=O) groups is 2. The topological polar surface area (TPSA) is 78.4 Å². The number of aryl methyl sites for hydroxylation is 2. The molecule has 0 radical (unpaired) electrons. The number of amides is 2. The standard InChI is InChI=1S/C18H25N5O2S/c1-11-12(2)26-18-15(11)16(20-10-21-18)23-7-5-13(6-8-23)17(25)19-9-14(24)22(3)4/h10,13H,5-9H2,1-4H3,(H,19,25). The molecule has 26 heavy (non-hydrogen) atoms. The van der Waals surface area contributed by atoms with Gasteiger partial charge < -0.3 is 15.1 Å². The van der Waals surface area contributed by atoms with Gasteiger partial charge >= 0.3 is 0 Å². The molecule has 1 N–H and O–H groups in total. The van der Waals surface area contributed by atoms with Gasteiger partial charge in [0, 0.05) is 38.0 Å². The third-order valence-electron chi connectivity index (χ3n) is 5.02. The van der Waals surface area contributed by atoms with Crippen LogP contribution in [0.2, 0.25) is 0 Å². The van der Waals surface area contributed by atoms with Crippen molar-refractivity contribution in [2.75, 3.05) is 38.6 Å². The molecule has 3 rings (SSSR count). The number of piperidine rings is 1. The van der Waals surface area contributed by atoms with Gasteiger partial charge in [-0.05, 0) is 32.3 Å². The summed E-state index contributed by atoms with van der Waals surface area (Å²) in [6, 6.07) is 0. The Bertz CT molecular complexity index is 824. The zero-order valence-corrected chi connectivity index (χ0v) is 16.5. The van der Waals surface area contributed by atoms with Crippen LogP contribution in [0.5, 0.6) is 0 Å². The lowest BCUT2D eigenvalue weighted by Gasteiger charge is -2.32. The quantitative estimate of drug-likeness (QED) is 0.880. The summed E-state index contributed by atoms with van der Waals surface area (Å²) in [6.45, 7) is 5.84. The Morgan fingerprint density at radius 1 is 1.27 bits per heavy atom. The van der Waals surface area contributed by atoms with E-state index < -0.39 is 0 Å². The minimum atomic E-state index is -0.0949. The van der Waals surface area contributed by atoms with Gasteiger partial charge in [0.2, 0.25) is 11.8 Å². The van der Waals surface area contributed by atoms with Crippen LogP contribution in [0, 0.1) is 19.8 Å². The van der Waals surface area contributed by atoms with Crippen molar-refractivity contribution in [1.82, 2.24) is 20.2 Å². The second-order valence-electron chi connectivity index (χ2n) is 6.93. The first-order valence-corrected chi connectivity index (χ1v) is 9.63. The lowest BCUT2D eigenvalue weighted by Crippen LogP contribution is -2.43. The summed E-state index contributed by atoms with van der Waals surface area (Å²) in [7, 11) is 3.37. The Labute approximate surface area is 157 Å². The highest BCUT2D eigenvalue weighted by molar-refractivity contribution is 7.18.